The zero-order valence-corrected chi connectivity index (χ0v) is 19.2. The molecule has 2 aromatic carbocycles. The second-order valence-corrected chi connectivity index (χ2v) is 7.93. The van der Waals surface area contributed by atoms with Gasteiger partial charge >= 0.3 is 0 Å². The van der Waals surface area contributed by atoms with Crippen LogP contribution in [0.2, 0.25) is 5.02 Å². The third kappa shape index (κ3) is 5.83. The number of halogens is 1. The smallest absolute Gasteiger partial charge is 0.234 e. The van der Waals surface area contributed by atoms with E-state index in [1.54, 1.807) is 16.7 Å². The van der Waals surface area contributed by atoms with Crippen LogP contribution in [-0.2, 0) is 18.4 Å². The highest BCUT2D eigenvalue weighted by atomic mass is 35.5. The number of nitrogens with one attached hydrogen (secondary N) is 1. The molecule has 0 radical (unpaired) electrons. The number of ether oxygens (including phenoxy) is 3. The summed E-state index contributed by atoms with van der Waals surface area (Å²) in [6.45, 7) is 2.30. The van der Waals surface area contributed by atoms with E-state index in [0.717, 1.165) is 11.3 Å². The monoisotopic (exact) mass is 462 g/mol. The molecule has 164 valence electrons. The van der Waals surface area contributed by atoms with E-state index >= 15 is 0 Å². The molecule has 8 nitrogen and oxygen atoms in total. The van der Waals surface area contributed by atoms with Gasteiger partial charge in [-0.25, -0.2) is 0 Å². The van der Waals surface area contributed by atoms with E-state index in [2.05, 4.69) is 15.5 Å². The lowest BCUT2D eigenvalue weighted by atomic mass is 10.2. The number of anilines is 1. The maximum Gasteiger partial charge on any atom is 0.234 e. The number of methoxy groups -OCH3 is 2. The Balaban J connectivity index is 1.58. The topological polar surface area (TPSA) is 87.5 Å². The number of benzene rings is 2. The van der Waals surface area contributed by atoms with Crippen LogP contribution < -0.4 is 19.5 Å². The molecule has 0 aliphatic heterocycles. The van der Waals surface area contributed by atoms with Gasteiger partial charge in [-0.1, -0.05) is 41.1 Å². The van der Waals surface area contributed by atoms with Crippen molar-refractivity contribution >= 4 is 35.0 Å². The normalized spacial score (nSPS) is 10.6. The molecule has 10 heteroatoms. The molecule has 0 unspecified atom stereocenters. The highest BCUT2D eigenvalue weighted by Gasteiger charge is 2.15. The van der Waals surface area contributed by atoms with Gasteiger partial charge in [0.2, 0.25) is 5.91 Å². The van der Waals surface area contributed by atoms with Crippen molar-refractivity contribution in [2.45, 2.75) is 18.7 Å². The number of rotatable bonds is 9. The number of thioether (sulfide) groups is 1. The van der Waals surface area contributed by atoms with Crippen molar-refractivity contribution in [1.29, 1.82) is 0 Å². The van der Waals surface area contributed by atoms with Gasteiger partial charge in [-0.2, -0.15) is 0 Å². The predicted octanol–water partition coefficient (Wildman–Crippen LogP) is 4.10. The van der Waals surface area contributed by atoms with Gasteiger partial charge in [-0.05, 0) is 19.1 Å². The number of carbonyl (C=O) groups excluding carboxylic acids is 1. The molecular formula is C21H23ClN4O4S. The number of carbonyl (C=O) groups is 1. The van der Waals surface area contributed by atoms with Gasteiger partial charge in [0.05, 0.1) is 30.7 Å². The molecule has 0 aliphatic carbocycles. The summed E-state index contributed by atoms with van der Waals surface area (Å²) in [6, 6.07) is 11.0. The summed E-state index contributed by atoms with van der Waals surface area (Å²) in [5.41, 5.74) is 1.64. The fourth-order valence-electron chi connectivity index (χ4n) is 2.65. The first-order valence-corrected chi connectivity index (χ1v) is 10.7. The van der Waals surface area contributed by atoms with Crippen molar-refractivity contribution in [2.75, 3.05) is 25.3 Å². The average molecular weight is 463 g/mol. The van der Waals surface area contributed by atoms with Crippen LogP contribution in [0.15, 0.2) is 41.6 Å². The van der Waals surface area contributed by atoms with Crippen molar-refractivity contribution in [3.05, 3.63) is 52.8 Å². The molecule has 3 rings (SSSR count). The van der Waals surface area contributed by atoms with Gasteiger partial charge in [-0.3, -0.25) is 4.79 Å². The van der Waals surface area contributed by atoms with E-state index in [4.69, 9.17) is 25.8 Å². The molecule has 0 saturated carbocycles. The molecule has 1 heterocycles. The summed E-state index contributed by atoms with van der Waals surface area (Å²) in [5.74, 6) is 2.21. The number of aromatic nitrogens is 3. The molecule has 1 aromatic heterocycles. The summed E-state index contributed by atoms with van der Waals surface area (Å²) in [7, 11) is 4.84. The minimum atomic E-state index is -0.229. The third-order valence-electron chi connectivity index (χ3n) is 4.39. The summed E-state index contributed by atoms with van der Waals surface area (Å²) in [5, 5.41) is 12.1. The van der Waals surface area contributed by atoms with E-state index in [0.29, 0.717) is 33.2 Å². The number of amides is 1. The van der Waals surface area contributed by atoms with E-state index in [9.17, 15) is 4.79 Å². The second-order valence-electron chi connectivity index (χ2n) is 6.58. The summed E-state index contributed by atoms with van der Waals surface area (Å²) >= 11 is 7.37. The predicted molar refractivity (Wildman–Crippen MR) is 120 cm³/mol. The van der Waals surface area contributed by atoms with Crippen LogP contribution in [0.4, 0.5) is 5.69 Å². The van der Waals surface area contributed by atoms with Crippen molar-refractivity contribution in [3.63, 3.8) is 0 Å². The highest BCUT2D eigenvalue weighted by molar-refractivity contribution is 7.99. The van der Waals surface area contributed by atoms with Crippen LogP contribution in [0.5, 0.6) is 17.2 Å². The average Bonchev–Trinajstić information content (AvgIpc) is 3.12. The molecule has 0 bridgehead atoms. The molecule has 0 saturated heterocycles. The van der Waals surface area contributed by atoms with Gasteiger partial charge < -0.3 is 24.1 Å². The summed E-state index contributed by atoms with van der Waals surface area (Å²) in [4.78, 5) is 12.5. The van der Waals surface area contributed by atoms with E-state index in [-0.39, 0.29) is 18.3 Å². The van der Waals surface area contributed by atoms with Crippen LogP contribution in [-0.4, -0.2) is 40.6 Å². The fourth-order valence-corrected chi connectivity index (χ4v) is 3.61. The lowest BCUT2D eigenvalue weighted by Gasteiger charge is -2.13. The Morgan fingerprint density at radius 3 is 2.52 bits per heavy atom. The molecule has 31 heavy (non-hydrogen) atoms. The second kappa shape index (κ2) is 10.4. The van der Waals surface area contributed by atoms with Crippen LogP contribution >= 0.6 is 23.4 Å². The van der Waals surface area contributed by atoms with Crippen molar-refractivity contribution in [2.24, 2.45) is 7.05 Å². The highest BCUT2D eigenvalue weighted by Crippen LogP contribution is 2.36. The molecule has 1 N–H and O–H groups in total. The number of hydrogen-bond acceptors (Lipinski definition) is 7. The molecule has 0 fully saturated rings. The molecule has 0 spiro atoms. The van der Waals surface area contributed by atoms with Gasteiger partial charge in [0.15, 0.2) is 11.0 Å². The Kier molecular flexibility index (Phi) is 7.64. The molecule has 0 aliphatic rings. The maximum atomic E-state index is 12.5. The minimum Gasteiger partial charge on any atom is -0.495 e. The minimum absolute atomic E-state index is 0.138. The Labute approximate surface area is 189 Å². The quantitative estimate of drug-likeness (QED) is 0.479. The Morgan fingerprint density at radius 2 is 1.84 bits per heavy atom. The lowest BCUT2D eigenvalue weighted by molar-refractivity contribution is -0.113. The van der Waals surface area contributed by atoms with Crippen molar-refractivity contribution in [1.82, 2.24) is 14.8 Å². The summed E-state index contributed by atoms with van der Waals surface area (Å²) in [6.07, 6.45) is 0. The Morgan fingerprint density at radius 1 is 1.13 bits per heavy atom. The summed E-state index contributed by atoms with van der Waals surface area (Å²) < 4.78 is 18.0. The van der Waals surface area contributed by atoms with Crippen LogP contribution in [0.25, 0.3) is 0 Å². The number of hydrogen-bond donors (Lipinski definition) is 1. The largest absolute Gasteiger partial charge is 0.495 e. The number of nitrogens with zero attached hydrogens (tertiary/aromatic N) is 3. The fraction of sp³-hybridized carbons (Fsp3) is 0.286. The lowest BCUT2D eigenvalue weighted by Crippen LogP contribution is -2.15. The standard InChI is InChI=1S/C21H23ClN4O4S/c1-13-5-7-14(8-6-13)30-11-19-24-25-21(26(19)2)31-12-20(27)23-16-10-17(28-3)15(22)9-18(16)29-4/h5-10H,11-12H2,1-4H3,(H,23,27). The molecule has 3 aromatic rings. The van der Waals surface area contributed by atoms with Crippen molar-refractivity contribution in [3.8, 4) is 17.2 Å². The van der Waals surface area contributed by atoms with Crippen LogP contribution in [0.1, 0.15) is 11.4 Å². The van der Waals surface area contributed by atoms with E-state index in [1.165, 1.54) is 26.0 Å². The van der Waals surface area contributed by atoms with E-state index in [1.807, 2.05) is 38.2 Å². The zero-order chi connectivity index (χ0) is 22.4. The van der Waals surface area contributed by atoms with Gasteiger partial charge in [-0.15, -0.1) is 10.2 Å². The maximum absolute atomic E-state index is 12.5. The first-order chi connectivity index (χ1) is 14.9. The Bertz CT molecular complexity index is 1060. The van der Waals surface area contributed by atoms with Gasteiger partial charge in [0.25, 0.3) is 0 Å². The first-order valence-electron chi connectivity index (χ1n) is 9.33. The van der Waals surface area contributed by atoms with E-state index < -0.39 is 0 Å². The van der Waals surface area contributed by atoms with Gasteiger partial charge in [0, 0.05) is 19.2 Å². The zero-order valence-electron chi connectivity index (χ0n) is 17.6. The first kappa shape index (κ1) is 22.8. The SMILES string of the molecule is COc1cc(NC(=O)CSc2nnc(COc3ccc(C)cc3)n2C)c(OC)cc1Cl. The van der Waals surface area contributed by atoms with Crippen LogP contribution in [0, 0.1) is 6.92 Å². The third-order valence-corrected chi connectivity index (χ3v) is 5.71. The van der Waals surface area contributed by atoms with Crippen molar-refractivity contribution < 1.29 is 19.0 Å². The number of aryl methyl sites for hydroxylation is 1. The van der Waals surface area contributed by atoms with Crippen LogP contribution in [0.3, 0.4) is 0 Å². The van der Waals surface area contributed by atoms with Gasteiger partial charge in [0.1, 0.15) is 23.9 Å². The molecule has 0 atom stereocenters. The molecule has 1 amide bonds. The Hall–Kier alpha value is -2.91. The molecular weight excluding hydrogens is 440 g/mol.